The van der Waals surface area contributed by atoms with E-state index in [0.717, 1.165) is 5.56 Å². The van der Waals surface area contributed by atoms with Crippen molar-refractivity contribution in [2.75, 3.05) is 5.32 Å². The van der Waals surface area contributed by atoms with Gasteiger partial charge in [-0.2, -0.15) is 0 Å². The fourth-order valence-electron chi connectivity index (χ4n) is 2.24. The first-order chi connectivity index (χ1) is 12.5. The maximum Gasteiger partial charge on any atom is 0.270 e. The molecule has 1 aromatic carbocycles. The number of hydrogen-bond donors (Lipinski definition) is 2. The Bertz CT molecular complexity index is 939. The van der Waals surface area contributed by atoms with Gasteiger partial charge in [0.2, 0.25) is 0 Å². The second-order valence-corrected chi connectivity index (χ2v) is 6.02. The Morgan fingerprint density at radius 1 is 1.15 bits per heavy atom. The van der Waals surface area contributed by atoms with Crippen LogP contribution in [0.25, 0.3) is 0 Å². The number of nitrogens with zero attached hydrogens (tertiary/aromatic N) is 1. The quantitative estimate of drug-likeness (QED) is 0.716. The number of amides is 2. The third kappa shape index (κ3) is 4.29. The number of aryl methyl sites for hydroxylation is 1. The summed E-state index contributed by atoms with van der Waals surface area (Å²) in [6, 6.07) is 11.7. The number of furan rings is 1. The van der Waals surface area contributed by atoms with Gasteiger partial charge in [0, 0.05) is 22.5 Å². The second kappa shape index (κ2) is 7.84. The lowest BCUT2D eigenvalue weighted by molar-refractivity contribution is 0.0943. The summed E-state index contributed by atoms with van der Waals surface area (Å²) in [4.78, 5) is 28.6. The number of carbonyl (C=O) groups excluding carboxylic acids is 2. The SMILES string of the molecule is Cc1ccc(NC(=O)c2ccnc(C(=O)NCc3ccco3)c2)cc1Cl. The summed E-state index contributed by atoms with van der Waals surface area (Å²) < 4.78 is 5.16. The maximum atomic E-state index is 12.4. The highest BCUT2D eigenvalue weighted by molar-refractivity contribution is 6.31. The van der Waals surface area contributed by atoms with Crippen LogP contribution in [0.5, 0.6) is 0 Å². The zero-order valence-corrected chi connectivity index (χ0v) is 14.7. The Morgan fingerprint density at radius 2 is 2.00 bits per heavy atom. The van der Waals surface area contributed by atoms with Crippen LogP contribution < -0.4 is 10.6 Å². The van der Waals surface area contributed by atoms with Gasteiger partial charge in [-0.05, 0) is 48.9 Å². The van der Waals surface area contributed by atoms with Gasteiger partial charge in [-0.1, -0.05) is 17.7 Å². The minimum atomic E-state index is -0.394. The molecule has 7 heteroatoms. The predicted octanol–water partition coefficient (Wildman–Crippen LogP) is 3.82. The summed E-state index contributed by atoms with van der Waals surface area (Å²) in [6.45, 7) is 2.12. The molecule has 0 fully saturated rings. The molecule has 0 saturated carbocycles. The number of hydrogen-bond acceptors (Lipinski definition) is 4. The number of benzene rings is 1. The molecule has 2 heterocycles. The number of halogens is 1. The van der Waals surface area contributed by atoms with Gasteiger partial charge in [0.15, 0.2) is 0 Å². The molecule has 0 unspecified atom stereocenters. The Kier molecular flexibility index (Phi) is 5.34. The van der Waals surface area contributed by atoms with Crippen molar-refractivity contribution < 1.29 is 14.0 Å². The summed E-state index contributed by atoms with van der Waals surface area (Å²) in [6.07, 6.45) is 2.95. The van der Waals surface area contributed by atoms with Crippen LogP contribution in [0.15, 0.2) is 59.3 Å². The van der Waals surface area contributed by atoms with Gasteiger partial charge in [0.1, 0.15) is 11.5 Å². The first-order valence-corrected chi connectivity index (χ1v) is 8.25. The summed E-state index contributed by atoms with van der Waals surface area (Å²) >= 11 is 6.07. The van der Waals surface area contributed by atoms with Gasteiger partial charge in [-0.15, -0.1) is 0 Å². The highest BCUT2D eigenvalue weighted by Gasteiger charge is 2.13. The smallest absolute Gasteiger partial charge is 0.270 e. The molecule has 3 aromatic rings. The molecule has 0 bridgehead atoms. The number of nitrogens with one attached hydrogen (secondary N) is 2. The largest absolute Gasteiger partial charge is 0.467 e. The van der Waals surface area contributed by atoms with Crippen LogP contribution in [0.1, 0.15) is 32.2 Å². The van der Waals surface area contributed by atoms with E-state index in [1.807, 2.05) is 13.0 Å². The number of anilines is 1. The lowest BCUT2D eigenvalue weighted by Gasteiger charge is -2.08. The van der Waals surface area contributed by atoms with Crippen LogP contribution in [0.4, 0.5) is 5.69 Å². The molecule has 2 amide bonds. The normalized spacial score (nSPS) is 10.4. The molecule has 132 valence electrons. The first kappa shape index (κ1) is 17.7. The number of carbonyl (C=O) groups is 2. The van der Waals surface area contributed by atoms with E-state index in [0.29, 0.717) is 22.0 Å². The molecule has 2 aromatic heterocycles. The Morgan fingerprint density at radius 3 is 2.73 bits per heavy atom. The van der Waals surface area contributed by atoms with Crippen LogP contribution in [-0.4, -0.2) is 16.8 Å². The van der Waals surface area contributed by atoms with Crippen LogP contribution in [-0.2, 0) is 6.54 Å². The van der Waals surface area contributed by atoms with Crippen molar-refractivity contribution in [2.24, 2.45) is 0 Å². The standard InChI is InChI=1S/C19H16ClN3O3/c1-12-4-5-14(10-16(12)20)23-18(24)13-6-7-21-17(9-13)19(25)22-11-15-3-2-8-26-15/h2-10H,11H2,1H3,(H,22,25)(H,23,24). The van der Waals surface area contributed by atoms with Crippen molar-refractivity contribution in [3.63, 3.8) is 0 Å². The van der Waals surface area contributed by atoms with E-state index in [4.69, 9.17) is 16.0 Å². The molecule has 0 atom stereocenters. The Hall–Kier alpha value is -3.12. The molecule has 0 spiro atoms. The van der Waals surface area contributed by atoms with Crippen LogP contribution >= 0.6 is 11.6 Å². The van der Waals surface area contributed by atoms with E-state index in [1.165, 1.54) is 24.6 Å². The molecule has 0 saturated heterocycles. The second-order valence-electron chi connectivity index (χ2n) is 5.61. The van der Waals surface area contributed by atoms with Gasteiger partial charge < -0.3 is 15.1 Å². The minimum absolute atomic E-state index is 0.145. The average molecular weight is 370 g/mol. The van der Waals surface area contributed by atoms with Crippen molar-refractivity contribution >= 4 is 29.1 Å². The molecule has 3 rings (SSSR count). The number of aromatic nitrogens is 1. The zero-order chi connectivity index (χ0) is 18.5. The minimum Gasteiger partial charge on any atom is -0.467 e. The molecular formula is C19H16ClN3O3. The highest BCUT2D eigenvalue weighted by Crippen LogP contribution is 2.20. The molecule has 0 aliphatic heterocycles. The van der Waals surface area contributed by atoms with Crippen LogP contribution in [0, 0.1) is 6.92 Å². The lowest BCUT2D eigenvalue weighted by atomic mass is 10.2. The van der Waals surface area contributed by atoms with Gasteiger partial charge in [-0.25, -0.2) is 0 Å². The van der Waals surface area contributed by atoms with Crippen molar-refractivity contribution in [3.8, 4) is 0 Å². The van der Waals surface area contributed by atoms with Gasteiger partial charge in [-0.3, -0.25) is 14.6 Å². The molecule has 0 aliphatic rings. The molecule has 26 heavy (non-hydrogen) atoms. The fourth-order valence-corrected chi connectivity index (χ4v) is 2.42. The molecule has 0 radical (unpaired) electrons. The van der Waals surface area contributed by atoms with E-state index in [2.05, 4.69) is 15.6 Å². The molecule has 6 nitrogen and oxygen atoms in total. The van der Waals surface area contributed by atoms with Crippen molar-refractivity contribution in [1.29, 1.82) is 0 Å². The molecule has 0 aliphatic carbocycles. The topological polar surface area (TPSA) is 84.2 Å². The van der Waals surface area contributed by atoms with E-state index >= 15 is 0 Å². The third-order valence-electron chi connectivity index (χ3n) is 3.69. The monoisotopic (exact) mass is 369 g/mol. The summed E-state index contributed by atoms with van der Waals surface area (Å²) in [5.74, 6) is -0.120. The van der Waals surface area contributed by atoms with E-state index in [-0.39, 0.29) is 18.1 Å². The van der Waals surface area contributed by atoms with Gasteiger partial charge in [0.05, 0.1) is 12.8 Å². The Labute approximate surface area is 155 Å². The number of rotatable bonds is 5. The van der Waals surface area contributed by atoms with Crippen LogP contribution in [0.3, 0.4) is 0 Å². The van der Waals surface area contributed by atoms with Gasteiger partial charge >= 0.3 is 0 Å². The summed E-state index contributed by atoms with van der Waals surface area (Å²) in [7, 11) is 0. The average Bonchev–Trinajstić information content (AvgIpc) is 3.16. The number of pyridine rings is 1. The summed E-state index contributed by atoms with van der Waals surface area (Å²) in [5, 5.41) is 6.00. The third-order valence-corrected chi connectivity index (χ3v) is 4.09. The van der Waals surface area contributed by atoms with E-state index in [1.54, 1.807) is 24.3 Å². The van der Waals surface area contributed by atoms with E-state index < -0.39 is 5.91 Å². The van der Waals surface area contributed by atoms with Crippen molar-refractivity contribution in [3.05, 3.63) is 82.5 Å². The van der Waals surface area contributed by atoms with E-state index in [9.17, 15) is 9.59 Å². The predicted molar refractivity (Wildman–Crippen MR) is 98.3 cm³/mol. The highest BCUT2D eigenvalue weighted by atomic mass is 35.5. The van der Waals surface area contributed by atoms with Crippen LogP contribution in [0.2, 0.25) is 5.02 Å². The summed E-state index contributed by atoms with van der Waals surface area (Å²) in [5.41, 5.74) is 1.96. The van der Waals surface area contributed by atoms with Gasteiger partial charge in [0.25, 0.3) is 11.8 Å². The molecule has 2 N–H and O–H groups in total. The lowest BCUT2D eigenvalue weighted by Crippen LogP contribution is -2.24. The molecular weight excluding hydrogens is 354 g/mol. The zero-order valence-electron chi connectivity index (χ0n) is 14.0. The Balaban J connectivity index is 1.68. The van der Waals surface area contributed by atoms with Crippen molar-refractivity contribution in [2.45, 2.75) is 13.5 Å². The first-order valence-electron chi connectivity index (χ1n) is 7.87. The maximum absolute atomic E-state index is 12.4. The fraction of sp³-hybridized carbons (Fsp3) is 0.105. The van der Waals surface area contributed by atoms with Crippen molar-refractivity contribution in [1.82, 2.24) is 10.3 Å².